The average molecular weight is 391 g/mol. The Morgan fingerprint density at radius 1 is 1.07 bits per heavy atom. The maximum Gasteiger partial charge on any atom is 0.223 e. The van der Waals surface area contributed by atoms with Gasteiger partial charge in [-0.25, -0.2) is 0 Å². The number of amides is 2. The molecule has 150 valence electrons. The Morgan fingerprint density at radius 2 is 1.93 bits per heavy atom. The normalized spacial score (nSPS) is 15.8. The van der Waals surface area contributed by atoms with Gasteiger partial charge in [-0.15, -0.1) is 0 Å². The van der Waals surface area contributed by atoms with Gasteiger partial charge in [0.15, 0.2) is 0 Å². The predicted molar refractivity (Wildman–Crippen MR) is 109 cm³/mol. The zero-order valence-electron chi connectivity index (χ0n) is 16.5. The van der Waals surface area contributed by atoms with E-state index in [1.54, 1.807) is 18.4 Å². The van der Waals surface area contributed by atoms with Crippen LogP contribution in [0.1, 0.15) is 41.5 Å². The molecular formula is C23H25N3O3. The lowest BCUT2D eigenvalue weighted by Crippen LogP contribution is -2.43. The molecule has 4 rings (SSSR count). The number of furan rings is 1. The highest BCUT2D eigenvalue weighted by molar-refractivity contribution is 5.84. The van der Waals surface area contributed by atoms with Crippen molar-refractivity contribution < 1.29 is 14.0 Å². The monoisotopic (exact) mass is 391 g/mol. The van der Waals surface area contributed by atoms with Crippen molar-refractivity contribution in [3.8, 4) is 0 Å². The van der Waals surface area contributed by atoms with Crippen LogP contribution < -0.4 is 5.32 Å². The highest BCUT2D eigenvalue weighted by Crippen LogP contribution is 2.34. The van der Waals surface area contributed by atoms with E-state index in [9.17, 15) is 9.59 Å². The van der Waals surface area contributed by atoms with Gasteiger partial charge in [0, 0.05) is 37.8 Å². The molecule has 0 saturated carbocycles. The molecule has 1 aliphatic heterocycles. The van der Waals surface area contributed by atoms with Crippen LogP contribution >= 0.6 is 0 Å². The number of rotatable bonds is 6. The second-order valence-corrected chi connectivity index (χ2v) is 7.33. The number of carbonyl (C=O) groups is 2. The van der Waals surface area contributed by atoms with Crippen LogP contribution in [0.2, 0.25) is 0 Å². The van der Waals surface area contributed by atoms with E-state index in [0.717, 1.165) is 23.4 Å². The molecule has 1 aliphatic rings. The second kappa shape index (κ2) is 8.39. The van der Waals surface area contributed by atoms with Crippen LogP contribution in [0.4, 0.5) is 0 Å². The average Bonchev–Trinajstić information content (AvgIpc) is 3.42. The van der Waals surface area contributed by atoms with Crippen molar-refractivity contribution >= 4 is 11.8 Å². The van der Waals surface area contributed by atoms with Crippen LogP contribution in [0.25, 0.3) is 0 Å². The number of hydrogen-bond donors (Lipinski definition) is 1. The summed E-state index contributed by atoms with van der Waals surface area (Å²) in [5.41, 5.74) is 3.39. The number of nitrogens with one attached hydrogen (secondary N) is 1. The van der Waals surface area contributed by atoms with Crippen LogP contribution in [-0.4, -0.2) is 27.8 Å². The van der Waals surface area contributed by atoms with E-state index in [4.69, 9.17) is 4.42 Å². The van der Waals surface area contributed by atoms with Gasteiger partial charge in [0.05, 0.1) is 18.8 Å². The first-order valence-corrected chi connectivity index (χ1v) is 9.92. The van der Waals surface area contributed by atoms with Crippen LogP contribution in [0.15, 0.2) is 65.4 Å². The lowest BCUT2D eigenvalue weighted by molar-refractivity contribution is -0.136. The molecule has 6 heteroatoms. The Morgan fingerprint density at radius 3 is 2.72 bits per heavy atom. The third-order valence-electron chi connectivity index (χ3n) is 5.45. The second-order valence-electron chi connectivity index (χ2n) is 7.33. The number of nitrogens with zero attached hydrogens (tertiary/aromatic N) is 2. The van der Waals surface area contributed by atoms with Gasteiger partial charge in [0.1, 0.15) is 5.76 Å². The molecule has 0 aliphatic carbocycles. The first-order valence-electron chi connectivity index (χ1n) is 9.92. The highest BCUT2D eigenvalue weighted by Gasteiger charge is 2.32. The van der Waals surface area contributed by atoms with Gasteiger partial charge in [0.25, 0.3) is 0 Å². The largest absolute Gasteiger partial charge is 0.467 e. The molecule has 1 aromatic carbocycles. The van der Waals surface area contributed by atoms with Crippen molar-refractivity contribution in [1.29, 1.82) is 0 Å². The number of carbonyl (C=O) groups excluding carboxylic acids is 2. The predicted octanol–water partition coefficient (Wildman–Crippen LogP) is 3.42. The Labute approximate surface area is 170 Å². The third kappa shape index (κ3) is 4.11. The van der Waals surface area contributed by atoms with E-state index >= 15 is 0 Å². The van der Waals surface area contributed by atoms with E-state index in [1.165, 1.54) is 0 Å². The minimum Gasteiger partial charge on any atom is -0.467 e. The van der Waals surface area contributed by atoms with Crippen molar-refractivity contribution in [3.63, 3.8) is 0 Å². The fourth-order valence-corrected chi connectivity index (χ4v) is 3.92. The van der Waals surface area contributed by atoms with E-state index < -0.39 is 0 Å². The molecule has 0 spiro atoms. The van der Waals surface area contributed by atoms with E-state index in [1.807, 2.05) is 23.1 Å². The molecule has 0 saturated heterocycles. The summed E-state index contributed by atoms with van der Waals surface area (Å²) in [5, 5.41) is 2.80. The summed E-state index contributed by atoms with van der Waals surface area (Å²) in [6.45, 7) is 3.81. The number of benzene rings is 1. The Kier molecular flexibility index (Phi) is 5.51. The van der Waals surface area contributed by atoms with Crippen molar-refractivity contribution in [1.82, 2.24) is 14.8 Å². The SMILES string of the molecule is Cc1ccccc1[C@@H]1c2cccn2CCN1C(=O)CCC(=O)NCc1ccco1. The Hall–Kier alpha value is -3.28. The van der Waals surface area contributed by atoms with Gasteiger partial charge in [-0.2, -0.15) is 0 Å². The molecule has 2 amide bonds. The summed E-state index contributed by atoms with van der Waals surface area (Å²) in [6.07, 6.45) is 3.98. The Balaban J connectivity index is 1.45. The maximum atomic E-state index is 13.1. The van der Waals surface area contributed by atoms with E-state index in [-0.39, 0.29) is 30.7 Å². The zero-order valence-corrected chi connectivity index (χ0v) is 16.5. The standard InChI is InChI=1S/C23H25N3O3/c1-17-6-2-3-8-19(17)23-20-9-4-12-25(20)13-14-26(23)22(28)11-10-21(27)24-16-18-7-5-15-29-18/h2-9,12,15,23H,10-11,13-14,16H2,1H3,(H,24,27)/t23-/m1/s1. The number of hydrogen-bond acceptors (Lipinski definition) is 3. The molecule has 0 unspecified atom stereocenters. The molecule has 1 N–H and O–H groups in total. The van der Waals surface area contributed by atoms with Gasteiger partial charge in [-0.1, -0.05) is 24.3 Å². The van der Waals surface area contributed by atoms with Gasteiger partial charge in [-0.3, -0.25) is 9.59 Å². The first kappa shape index (κ1) is 19.1. The molecule has 29 heavy (non-hydrogen) atoms. The molecule has 3 heterocycles. The lowest BCUT2D eigenvalue weighted by Gasteiger charge is -2.38. The van der Waals surface area contributed by atoms with E-state index in [0.29, 0.717) is 18.8 Å². The third-order valence-corrected chi connectivity index (χ3v) is 5.45. The van der Waals surface area contributed by atoms with Crippen LogP contribution in [-0.2, 0) is 22.7 Å². The molecule has 1 atom stereocenters. The van der Waals surface area contributed by atoms with Crippen molar-refractivity contribution in [3.05, 3.63) is 83.6 Å². The summed E-state index contributed by atoms with van der Waals surface area (Å²) in [7, 11) is 0. The minimum absolute atomic E-state index is 0.00106. The van der Waals surface area contributed by atoms with Crippen LogP contribution in [0.3, 0.4) is 0 Å². The van der Waals surface area contributed by atoms with Crippen molar-refractivity contribution in [2.45, 2.75) is 38.9 Å². The summed E-state index contributed by atoms with van der Waals surface area (Å²) < 4.78 is 7.42. The molecular weight excluding hydrogens is 366 g/mol. The number of aromatic nitrogens is 1. The molecule has 0 radical (unpaired) electrons. The maximum absolute atomic E-state index is 13.1. The van der Waals surface area contributed by atoms with Gasteiger partial charge in [0.2, 0.25) is 11.8 Å². The number of aryl methyl sites for hydroxylation is 1. The van der Waals surface area contributed by atoms with Gasteiger partial charge in [-0.05, 0) is 42.3 Å². The summed E-state index contributed by atoms with van der Waals surface area (Å²) in [4.78, 5) is 27.2. The van der Waals surface area contributed by atoms with Crippen LogP contribution in [0, 0.1) is 6.92 Å². The fourth-order valence-electron chi connectivity index (χ4n) is 3.92. The van der Waals surface area contributed by atoms with Crippen molar-refractivity contribution in [2.24, 2.45) is 0 Å². The fraction of sp³-hybridized carbons (Fsp3) is 0.304. The summed E-state index contributed by atoms with van der Waals surface area (Å²) in [6, 6.07) is 15.7. The molecule has 6 nitrogen and oxygen atoms in total. The van der Waals surface area contributed by atoms with Crippen LogP contribution in [0.5, 0.6) is 0 Å². The summed E-state index contributed by atoms with van der Waals surface area (Å²) >= 11 is 0. The van der Waals surface area contributed by atoms with Gasteiger partial charge >= 0.3 is 0 Å². The smallest absolute Gasteiger partial charge is 0.223 e. The topological polar surface area (TPSA) is 67.5 Å². The molecule has 0 bridgehead atoms. The highest BCUT2D eigenvalue weighted by atomic mass is 16.3. The molecule has 3 aromatic rings. The molecule has 0 fully saturated rings. The zero-order chi connectivity index (χ0) is 20.2. The quantitative estimate of drug-likeness (QED) is 0.700. The Bertz CT molecular complexity index is 990. The summed E-state index contributed by atoms with van der Waals surface area (Å²) in [5.74, 6) is 0.544. The van der Waals surface area contributed by atoms with Crippen molar-refractivity contribution in [2.75, 3.05) is 6.54 Å². The minimum atomic E-state index is -0.150. The number of fused-ring (bicyclic) bond motifs is 1. The molecule has 2 aromatic heterocycles. The van der Waals surface area contributed by atoms with E-state index in [2.05, 4.69) is 41.2 Å². The lowest BCUT2D eigenvalue weighted by atomic mass is 9.95. The van der Waals surface area contributed by atoms with Gasteiger partial charge < -0.3 is 19.2 Å². The first-order chi connectivity index (χ1) is 14.1.